The van der Waals surface area contributed by atoms with E-state index in [-0.39, 0.29) is 12.1 Å². The fourth-order valence-corrected chi connectivity index (χ4v) is 4.61. The first-order chi connectivity index (χ1) is 17.3. The van der Waals surface area contributed by atoms with Crippen molar-refractivity contribution < 1.29 is 14.0 Å². The number of hydrazone groups is 1. The third kappa shape index (κ3) is 4.23. The van der Waals surface area contributed by atoms with Crippen LogP contribution in [-0.4, -0.2) is 79.0 Å². The molecule has 1 atom stereocenters. The van der Waals surface area contributed by atoms with Gasteiger partial charge < -0.3 is 15.5 Å². The van der Waals surface area contributed by atoms with Gasteiger partial charge in [-0.2, -0.15) is 10.2 Å². The first-order valence-electron chi connectivity index (χ1n) is 11.5. The third-order valence-corrected chi connectivity index (χ3v) is 6.40. The molecule has 1 unspecified atom stereocenters. The number of carbonyl (C=O) groups is 2. The lowest BCUT2D eigenvalue weighted by Gasteiger charge is -2.37. The van der Waals surface area contributed by atoms with Crippen LogP contribution in [0.25, 0.3) is 5.82 Å². The Kier molecular flexibility index (Phi) is 6.04. The van der Waals surface area contributed by atoms with Crippen LogP contribution in [-0.2, 0) is 0 Å². The van der Waals surface area contributed by atoms with E-state index in [2.05, 4.69) is 30.1 Å². The maximum absolute atomic E-state index is 13.7. The van der Waals surface area contributed by atoms with Crippen LogP contribution in [0.5, 0.6) is 0 Å². The molecule has 0 radical (unpaired) electrons. The number of urea groups is 1. The molecule has 2 aliphatic rings. The van der Waals surface area contributed by atoms with Crippen LogP contribution in [0, 0.1) is 19.7 Å². The van der Waals surface area contributed by atoms with Gasteiger partial charge in [0.15, 0.2) is 5.82 Å². The molecule has 13 heteroatoms. The van der Waals surface area contributed by atoms with Crippen molar-refractivity contribution in [2.45, 2.75) is 26.3 Å². The first-order valence-corrected chi connectivity index (χ1v) is 11.5. The Labute approximate surface area is 206 Å². The van der Waals surface area contributed by atoms with Gasteiger partial charge in [-0.1, -0.05) is 0 Å². The Balaban J connectivity index is 1.27. The molecule has 12 nitrogen and oxygen atoms in total. The highest BCUT2D eigenvalue weighted by Gasteiger charge is 2.33. The highest BCUT2D eigenvalue weighted by atomic mass is 19.1. The van der Waals surface area contributed by atoms with Gasteiger partial charge in [-0.3, -0.25) is 9.78 Å². The number of carbonyl (C=O) groups excluding carboxylic acids is 2. The smallest absolute Gasteiger partial charge is 0.341 e. The van der Waals surface area contributed by atoms with Crippen molar-refractivity contribution in [2.24, 2.45) is 10.8 Å². The Bertz CT molecular complexity index is 1350. The summed E-state index contributed by atoms with van der Waals surface area (Å²) in [4.78, 5) is 41.3. The molecule has 0 aliphatic carbocycles. The third-order valence-electron chi connectivity index (χ3n) is 6.40. The van der Waals surface area contributed by atoms with Gasteiger partial charge in [-0.25, -0.2) is 28.8 Å². The monoisotopic (exact) mass is 492 g/mol. The average Bonchev–Trinajstić information content (AvgIpc) is 3.48. The topological polar surface area (TPSA) is 139 Å². The zero-order chi connectivity index (χ0) is 25.4. The highest BCUT2D eigenvalue weighted by molar-refractivity contribution is 5.95. The average molecular weight is 493 g/mol. The normalized spacial score (nSPS) is 17.6. The number of nitrogens with zero attached hydrogens (tertiary/aromatic N) is 9. The van der Waals surface area contributed by atoms with E-state index < -0.39 is 11.7 Å². The van der Waals surface area contributed by atoms with Crippen molar-refractivity contribution in [1.29, 1.82) is 0 Å². The van der Waals surface area contributed by atoms with Gasteiger partial charge in [0.2, 0.25) is 0 Å². The van der Waals surface area contributed by atoms with Crippen LogP contribution < -0.4 is 10.6 Å². The molecule has 0 spiro atoms. The van der Waals surface area contributed by atoms with E-state index in [4.69, 9.17) is 5.73 Å². The van der Waals surface area contributed by atoms with E-state index >= 15 is 0 Å². The molecular formula is C23H25FN10O2. The van der Waals surface area contributed by atoms with Crippen molar-refractivity contribution in [3.8, 4) is 5.82 Å². The van der Waals surface area contributed by atoms with E-state index in [1.165, 1.54) is 17.4 Å². The summed E-state index contributed by atoms with van der Waals surface area (Å²) in [5.74, 6) is 0.216. The summed E-state index contributed by atoms with van der Waals surface area (Å²) in [6.45, 7) is 5.52. The van der Waals surface area contributed by atoms with Gasteiger partial charge in [0.25, 0.3) is 5.91 Å². The molecule has 1 saturated heterocycles. The summed E-state index contributed by atoms with van der Waals surface area (Å²) >= 11 is 0. The molecule has 36 heavy (non-hydrogen) atoms. The van der Waals surface area contributed by atoms with Crippen LogP contribution in [0.2, 0.25) is 0 Å². The summed E-state index contributed by atoms with van der Waals surface area (Å²) in [5.41, 5.74) is 7.61. The van der Waals surface area contributed by atoms with Gasteiger partial charge in [0.1, 0.15) is 18.0 Å². The molecule has 0 bridgehead atoms. The van der Waals surface area contributed by atoms with Crippen molar-refractivity contribution >= 4 is 24.0 Å². The molecule has 0 aromatic carbocycles. The minimum atomic E-state index is -0.537. The summed E-state index contributed by atoms with van der Waals surface area (Å²) < 4.78 is 15.2. The number of hydrogen-bond acceptors (Lipinski definition) is 8. The number of primary amides is 1. The molecule has 1 fully saturated rings. The molecule has 2 N–H and O–H groups in total. The zero-order valence-electron chi connectivity index (χ0n) is 19.9. The molecule has 5 heterocycles. The lowest BCUT2D eigenvalue weighted by molar-refractivity contribution is 0.0999. The number of aryl methyl sites for hydroxylation is 1. The van der Waals surface area contributed by atoms with Crippen LogP contribution >= 0.6 is 0 Å². The number of nitrogens with two attached hydrogens (primary N) is 1. The molecule has 186 valence electrons. The van der Waals surface area contributed by atoms with Crippen molar-refractivity contribution in [2.75, 3.05) is 31.1 Å². The standard InChI is InChI=1S/C23H25FN10O2/c1-14-21(22(25)35)15(2)33(30-14)20-10-19(27-13-28-20)31-5-7-32(8-6-31)23(36)34-18(3-4-29-34)16-9-17(24)12-26-11-16/h4,9-13,18H,3,5-8H2,1-2H3,(H2,25,35). The Morgan fingerprint density at radius 3 is 2.50 bits per heavy atom. The second kappa shape index (κ2) is 9.32. The molecule has 0 saturated carbocycles. The van der Waals surface area contributed by atoms with Crippen LogP contribution in [0.4, 0.5) is 15.0 Å². The van der Waals surface area contributed by atoms with Crippen LogP contribution in [0.3, 0.4) is 0 Å². The summed E-state index contributed by atoms with van der Waals surface area (Å²) in [7, 11) is 0. The zero-order valence-corrected chi connectivity index (χ0v) is 19.9. The maximum Gasteiger partial charge on any atom is 0.341 e. The van der Waals surface area contributed by atoms with Crippen molar-refractivity contribution in [3.05, 3.63) is 59.2 Å². The van der Waals surface area contributed by atoms with Crippen molar-refractivity contribution in [3.63, 3.8) is 0 Å². The van der Waals surface area contributed by atoms with Gasteiger partial charge in [-0.15, -0.1) is 0 Å². The Hall–Kier alpha value is -4.42. The SMILES string of the molecule is Cc1nn(-c2cc(N3CCN(C(=O)N4N=CCC4c4cncc(F)c4)CC3)ncn2)c(C)c1C(N)=O. The summed E-state index contributed by atoms with van der Waals surface area (Å²) in [6, 6.07) is 2.56. The Morgan fingerprint density at radius 1 is 1.06 bits per heavy atom. The number of hydrogen-bond donors (Lipinski definition) is 1. The predicted octanol–water partition coefficient (Wildman–Crippen LogP) is 1.59. The van der Waals surface area contributed by atoms with E-state index in [9.17, 15) is 14.0 Å². The highest BCUT2D eigenvalue weighted by Crippen LogP contribution is 2.29. The number of piperazine rings is 1. The van der Waals surface area contributed by atoms with Gasteiger partial charge >= 0.3 is 6.03 Å². The minimum absolute atomic E-state index is 0.234. The Morgan fingerprint density at radius 2 is 1.81 bits per heavy atom. The second-order valence-corrected chi connectivity index (χ2v) is 8.64. The fraction of sp³-hybridized carbons (Fsp3) is 0.348. The summed E-state index contributed by atoms with van der Waals surface area (Å²) in [5, 5.41) is 10.0. The largest absolute Gasteiger partial charge is 0.365 e. The second-order valence-electron chi connectivity index (χ2n) is 8.64. The molecule has 3 aromatic heterocycles. The number of pyridine rings is 1. The van der Waals surface area contributed by atoms with Gasteiger partial charge in [-0.05, 0) is 25.5 Å². The van der Waals surface area contributed by atoms with Crippen molar-refractivity contribution in [1.82, 2.24) is 34.6 Å². The minimum Gasteiger partial charge on any atom is -0.365 e. The lowest BCUT2D eigenvalue weighted by atomic mass is 10.1. The number of amides is 3. The number of anilines is 1. The maximum atomic E-state index is 13.7. The van der Waals surface area contributed by atoms with Crippen LogP contribution in [0.1, 0.15) is 39.8 Å². The number of rotatable bonds is 4. The number of aromatic nitrogens is 5. The van der Waals surface area contributed by atoms with Gasteiger partial charge in [0.05, 0.1) is 29.2 Å². The fourth-order valence-electron chi connectivity index (χ4n) is 4.61. The summed E-state index contributed by atoms with van der Waals surface area (Å²) in [6.07, 6.45) is 6.30. The van der Waals surface area contributed by atoms with E-state index in [0.717, 1.165) is 6.20 Å². The molecule has 3 amide bonds. The number of halogens is 1. The van der Waals surface area contributed by atoms with E-state index in [0.29, 0.717) is 66.8 Å². The molecule has 2 aliphatic heterocycles. The molecule has 3 aromatic rings. The first kappa shape index (κ1) is 23.3. The van der Waals surface area contributed by atoms with Gasteiger partial charge in [0, 0.05) is 51.1 Å². The molecule has 5 rings (SSSR count). The van der Waals surface area contributed by atoms with Crippen LogP contribution in [0.15, 0.2) is 36.0 Å². The molecular weight excluding hydrogens is 467 g/mol. The van der Waals surface area contributed by atoms with E-state index in [1.807, 2.05) is 0 Å². The quantitative estimate of drug-likeness (QED) is 0.583. The predicted molar refractivity (Wildman–Crippen MR) is 128 cm³/mol. The lowest BCUT2D eigenvalue weighted by Crippen LogP contribution is -2.52. The van der Waals surface area contributed by atoms with E-state index in [1.54, 1.807) is 41.9 Å².